The van der Waals surface area contributed by atoms with Crippen molar-refractivity contribution < 1.29 is 9.59 Å². The van der Waals surface area contributed by atoms with Gasteiger partial charge in [-0.15, -0.1) is 34.4 Å². The Kier molecular flexibility index (Phi) is 6.97. The first kappa shape index (κ1) is 19.5. The number of thioether (sulfide) groups is 1. The van der Waals surface area contributed by atoms with Crippen LogP contribution in [0.5, 0.6) is 0 Å². The van der Waals surface area contributed by atoms with E-state index in [2.05, 4.69) is 39.7 Å². The van der Waals surface area contributed by atoms with E-state index in [1.54, 1.807) is 11.6 Å². The highest BCUT2D eigenvalue weighted by atomic mass is 32.2. The minimum Gasteiger partial charge on any atom is -0.301 e. The van der Waals surface area contributed by atoms with Crippen molar-refractivity contribution in [3.05, 3.63) is 46.8 Å². The molecule has 2 aromatic heterocycles. The minimum absolute atomic E-state index is 0.171. The minimum atomic E-state index is -0.177. The van der Waals surface area contributed by atoms with E-state index in [9.17, 15) is 9.59 Å². The average Bonchev–Trinajstić information content (AvgIpc) is 3.34. The average molecular weight is 419 g/mol. The van der Waals surface area contributed by atoms with Crippen LogP contribution >= 0.6 is 34.4 Å². The number of hydrogen-bond acceptors (Lipinski definition) is 7. The molecule has 2 heterocycles. The van der Waals surface area contributed by atoms with Crippen LogP contribution in [0.1, 0.15) is 12.5 Å². The zero-order chi connectivity index (χ0) is 19.1. The van der Waals surface area contributed by atoms with Crippen LogP contribution in [0.25, 0.3) is 11.3 Å². The molecule has 3 aromatic rings. The van der Waals surface area contributed by atoms with Gasteiger partial charge in [-0.1, -0.05) is 31.2 Å². The first-order valence-corrected chi connectivity index (χ1v) is 11.2. The van der Waals surface area contributed by atoms with Crippen LogP contribution in [0.4, 0.5) is 10.3 Å². The molecule has 0 unspecified atom stereocenters. The second-order valence-electron chi connectivity index (χ2n) is 5.51. The molecular weight excluding hydrogens is 400 g/mol. The van der Waals surface area contributed by atoms with Crippen LogP contribution in [0, 0.1) is 0 Å². The second kappa shape index (κ2) is 9.63. The van der Waals surface area contributed by atoms with E-state index >= 15 is 0 Å². The molecule has 27 heavy (non-hydrogen) atoms. The molecule has 2 N–H and O–H groups in total. The molecule has 140 valence electrons. The third-order valence-corrected chi connectivity index (χ3v) is 5.93. The lowest BCUT2D eigenvalue weighted by atomic mass is 10.1. The lowest BCUT2D eigenvalue weighted by Gasteiger charge is -2.03. The van der Waals surface area contributed by atoms with Crippen molar-refractivity contribution in [1.82, 2.24) is 9.97 Å². The number of amides is 2. The molecule has 0 bridgehead atoms. The summed E-state index contributed by atoms with van der Waals surface area (Å²) in [5.74, 6) is 0.0322. The fourth-order valence-corrected chi connectivity index (χ4v) is 4.11. The van der Waals surface area contributed by atoms with E-state index in [0.717, 1.165) is 17.7 Å². The van der Waals surface area contributed by atoms with Crippen LogP contribution in [0.2, 0.25) is 0 Å². The van der Waals surface area contributed by atoms with Gasteiger partial charge in [-0.25, -0.2) is 9.97 Å². The molecule has 9 heteroatoms. The van der Waals surface area contributed by atoms with Gasteiger partial charge in [0.15, 0.2) is 10.3 Å². The molecule has 0 radical (unpaired) electrons. The van der Waals surface area contributed by atoms with Crippen LogP contribution in [-0.4, -0.2) is 33.3 Å². The predicted octanol–water partition coefficient (Wildman–Crippen LogP) is 4.14. The van der Waals surface area contributed by atoms with Gasteiger partial charge in [-0.05, 0) is 12.0 Å². The summed E-state index contributed by atoms with van der Waals surface area (Å²) in [6.45, 7) is 2.12. The predicted molar refractivity (Wildman–Crippen MR) is 114 cm³/mol. The number of aromatic nitrogens is 2. The first-order chi connectivity index (χ1) is 13.1. The van der Waals surface area contributed by atoms with E-state index in [-0.39, 0.29) is 23.3 Å². The van der Waals surface area contributed by atoms with Gasteiger partial charge in [0.05, 0.1) is 17.2 Å². The highest BCUT2D eigenvalue weighted by molar-refractivity contribution is 8.00. The highest BCUT2D eigenvalue weighted by Crippen LogP contribution is 2.25. The van der Waals surface area contributed by atoms with Crippen LogP contribution in [-0.2, 0) is 16.0 Å². The lowest BCUT2D eigenvalue weighted by molar-refractivity contribution is -0.114. The zero-order valence-corrected chi connectivity index (χ0v) is 17.0. The molecule has 0 spiro atoms. The van der Waals surface area contributed by atoms with E-state index < -0.39 is 0 Å². The summed E-state index contributed by atoms with van der Waals surface area (Å²) in [5, 5.41) is 10.3. The van der Waals surface area contributed by atoms with Gasteiger partial charge in [0.1, 0.15) is 0 Å². The summed E-state index contributed by atoms with van der Waals surface area (Å²) in [4.78, 5) is 32.2. The summed E-state index contributed by atoms with van der Waals surface area (Å²) >= 11 is 3.99. The Labute approximate surface area is 169 Å². The second-order valence-corrected chi connectivity index (χ2v) is 8.25. The highest BCUT2D eigenvalue weighted by Gasteiger charge is 2.10. The molecule has 0 aliphatic carbocycles. The third kappa shape index (κ3) is 5.88. The van der Waals surface area contributed by atoms with E-state index in [0.29, 0.717) is 10.3 Å². The Morgan fingerprint density at radius 2 is 1.74 bits per heavy atom. The molecule has 1 aromatic carbocycles. The number of aryl methyl sites for hydroxylation is 1. The molecule has 6 nitrogen and oxygen atoms in total. The maximum Gasteiger partial charge on any atom is 0.236 e. The molecule has 2 amide bonds. The number of nitrogens with one attached hydrogen (secondary N) is 2. The van der Waals surface area contributed by atoms with Crippen molar-refractivity contribution in [2.45, 2.75) is 13.3 Å². The molecule has 3 rings (SSSR count). The fraction of sp³-hybridized carbons (Fsp3) is 0.222. The van der Waals surface area contributed by atoms with Gasteiger partial charge in [-0.3, -0.25) is 9.59 Å². The third-order valence-electron chi connectivity index (χ3n) is 3.55. The summed E-state index contributed by atoms with van der Waals surface area (Å²) in [7, 11) is 0. The van der Waals surface area contributed by atoms with Crippen molar-refractivity contribution in [3.8, 4) is 11.3 Å². The Hall–Kier alpha value is -2.23. The number of nitrogens with zero attached hydrogens (tertiary/aromatic N) is 2. The molecule has 0 saturated heterocycles. The van der Waals surface area contributed by atoms with Gasteiger partial charge in [0, 0.05) is 22.5 Å². The van der Waals surface area contributed by atoms with Crippen LogP contribution in [0.15, 0.2) is 41.2 Å². The zero-order valence-electron chi connectivity index (χ0n) is 14.6. The standard InChI is InChI=1S/C18H18N4O2S3/c1-2-12-3-5-13(6-4-12)14-9-27-18(20-14)22-16(24)11-25-10-15(23)21-17-19-7-8-26-17/h3-9H,2,10-11H2,1H3,(H,19,21,23)(H,20,22,24). The molecule has 0 fully saturated rings. The number of benzene rings is 1. The van der Waals surface area contributed by atoms with Crippen molar-refractivity contribution in [1.29, 1.82) is 0 Å². The lowest BCUT2D eigenvalue weighted by Crippen LogP contribution is -2.18. The van der Waals surface area contributed by atoms with Crippen molar-refractivity contribution in [2.75, 3.05) is 22.1 Å². The largest absolute Gasteiger partial charge is 0.301 e. The number of rotatable bonds is 8. The summed E-state index contributed by atoms with van der Waals surface area (Å²) in [5.41, 5.74) is 3.14. The summed E-state index contributed by atoms with van der Waals surface area (Å²) in [6.07, 6.45) is 2.62. The van der Waals surface area contributed by atoms with Gasteiger partial charge < -0.3 is 10.6 Å². The normalized spacial score (nSPS) is 10.6. The van der Waals surface area contributed by atoms with Crippen LogP contribution < -0.4 is 10.6 Å². The summed E-state index contributed by atoms with van der Waals surface area (Å²) < 4.78 is 0. The van der Waals surface area contributed by atoms with Crippen LogP contribution in [0.3, 0.4) is 0 Å². The van der Waals surface area contributed by atoms with Crippen molar-refractivity contribution >= 4 is 56.5 Å². The smallest absolute Gasteiger partial charge is 0.236 e. The summed E-state index contributed by atoms with van der Waals surface area (Å²) in [6, 6.07) is 8.24. The Balaban J connectivity index is 1.44. The number of anilines is 2. The van der Waals surface area contributed by atoms with Gasteiger partial charge in [0.2, 0.25) is 11.8 Å². The fourth-order valence-electron chi connectivity index (χ4n) is 2.21. The quantitative estimate of drug-likeness (QED) is 0.574. The number of carbonyl (C=O) groups excluding carboxylic acids is 2. The van der Waals surface area contributed by atoms with E-state index in [4.69, 9.17) is 0 Å². The molecule has 0 aliphatic rings. The first-order valence-electron chi connectivity index (χ1n) is 8.26. The molecule has 0 aliphatic heterocycles. The van der Waals surface area contributed by atoms with Crippen molar-refractivity contribution in [3.63, 3.8) is 0 Å². The molecular formula is C18H18N4O2S3. The van der Waals surface area contributed by atoms with Gasteiger partial charge in [-0.2, -0.15) is 0 Å². The maximum absolute atomic E-state index is 12.0. The molecule has 0 atom stereocenters. The Morgan fingerprint density at radius 1 is 1.04 bits per heavy atom. The van der Waals surface area contributed by atoms with Gasteiger partial charge in [0.25, 0.3) is 0 Å². The SMILES string of the molecule is CCc1ccc(-c2csc(NC(=O)CSCC(=O)Nc3nccs3)n2)cc1. The molecule has 0 saturated carbocycles. The number of thiazole rings is 2. The number of carbonyl (C=O) groups is 2. The van der Waals surface area contributed by atoms with E-state index in [1.807, 2.05) is 17.5 Å². The van der Waals surface area contributed by atoms with Gasteiger partial charge >= 0.3 is 0 Å². The topological polar surface area (TPSA) is 84.0 Å². The van der Waals surface area contributed by atoms with E-state index in [1.165, 1.54) is 40.0 Å². The Morgan fingerprint density at radius 3 is 2.37 bits per heavy atom. The van der Waals surface area contributed by atoms with Crippen molar-refractivity contribution in [2.24, 2.45) is 0 Å². The monoisotopic (exact) mass is 418 g/mol. The maximum atomic E-state index is 12.0. The number of hydrogen-bond donors (Lipinski definition) is 2. The Bertz CT molecular complexity index is 892.